The van der Waals surface area contributed by atoms with Crippen molar-refractivity contribution < 1.29 is 4.79 Å². The number of carbonyl (C=O) groups is 1. The largest absolute Gasteiger partial charge is 0.355 e. The van der Waals surface area contributed by atoms with Crippen LogP contribution in [-0.2, 0) is 0 Å². The highest BCUT2D eigenvalue weighted by atomic mass is 16.1. The van der Waals surface area contributed by atoms with Gasteiger partial charge in [0.2, 0.25) is 0 Å². The van der Waals surface area contributed by atoms with Gasteiger partial charge in [0, 0.05) is 25.8 Å². The summed E-state index contributed by atoms with van der Waals surface area (Å²) >= 11 is 0. The van der Waals surface area contributed by atoms with Gasteiger partial charge >= 0.3 is 0 Å². The smallest absolute Gasteiger partial charge is 0.269 e. The molecule has 2 aromatic rings. The number of hydrogen-bond donors (Lipinski definition) is 1. The van der Waals surface area contributed by atoms with Crippen molar-refractivity contribution in [2.24, 2.45) is 5.92 Å². The fourth-order valence-electron chi connectivity index (χ4n) is 2.75. The van der Waals surface area contributed by atoms with Crippen molar-refractivity contribution in [3.8, 4) is 0 Å². The molecule has 1 amide bonds. The fraction of sp³-hybridized carbons (Fsp3) is 0.412. The van der Waals surface area contributed by atoms with Crippen molar-refractivity contribution in [3.63, 3.8) is 0 Å². The molecule has 120 valence electrons. The predicted molar refractivity (Wildman–Crippen MR) is 88.3 cm³/mol. The number of aryl methyl sites for hydroxylation is 1. The number of carbonyl (C=O) groups excluding carboxylic acids is 1. The van der Waals surface area contributed by atoms with Crippen LogP contribution in [0.4, 0.5) is 5.82 Å². The molecule has 0 saturated carbocycles. The molecule has 6 nitrogen and oxygen atoms in total. The number of nitrogens with zero attached hydrogens (tertiary/aromatic N) is 4. The molecular weight excluding hydrogens is 290 g/mol. The van der Waals surface area contributed by atoms with Crippen molar-refractivity contribution >= 4 is 11.7 Å². The highest BCUT2D eigenvalue weighted by Gasteiger charge is 2.21. The molecule has 0 atom stereocenters. The van der Waals surface area contributed by atoms with E-state index in [0.717, 1.165) is 37.4 Å². The number of nitrogens with one attached hydrogen (secondary N) is 1. The Morgan fingerprint density at radius 2 is 2.04 bits per heavy atom. The summed E-state index contributed by atoms with van der Waals surface area (Å²) in [7, 11) is 0. The summed E-state index contributed by atoms with van der Waals surface area (Å²) in [6.45, 7) is 4.53. The van der Waals surface area contributed by atoms with Gasteiger partial charge in [0.05, 0.1) is 5.69 Å². The van der Waals surface area contributed by atoms with Gasteiger partial charge in [0.25, 0.3) is 5.91 Å². The van der Waals surface area contributed by atoms with Crippen molar-refractivity contribution in [2.75, 3.05) is 24.5 Å². The van der Waals surface area contributed by atoms with Crippen LogP contribution in [0.1, 0.15) is 29.0 Å². The SMILES string of the molecule is Cc1ccc(N2CCC(CNC(=O)c3ccccn3)CC2)nn1. The predicted octanol–water partition coefficient (Wildman–Crippen LogP) is 1.83. The molecule has 1 aliphatic rings. The Morgan fingerprint density at radius 3 is 2.70 bits per heavy atom. The second-order valence-electron chi connectivity index (χ2n) is 5.89. The second-order valence-corrected chi connectivity index (χ2v) is 5.89. The Bertz CT molecular complexity index is 636. The molecule has 1 saturated heterocycles. The summed E-state index contributed by atoms with van der Waals surface area (Å²) in [6, 6.07) is 9.37. The van der Waals surface area contributed by atoms with Gasteiger partial charge in [-0.3, -0.25) is 9.78 Å². The lowest BCUT2D eigenvalue weighted by atomic mass is 9.96. The van der Waals surface area contributed by atoms with Crippen LogP contribution in [0, 0.1) is 12.8 Å². The van der Waals surface area contributed by atoms with Gasteiger partial charge < -0.3 is 10.2 Å². The molecule has 0 spiro atoms. The topological polar surface area (TPSA) is 71.0 Å². The third-order valence-electron chi connectivity index (χ3n) is 4.17. The first-order chi connectivity index (χ1) is 11.2. The summed E-state index contributed by atoms with van der Waals surface area (Å²) < 4.78 is 0. The quantitative estimate of drug-likeness (QED) is 0.932. The first-order valence-corrected chi connectivity index (χ1v) is 7.97. The van der Waals surface area contributed by atoms with Gasteiger partial charge in [-0.2, -0.15) is 5.10 Å². The molecular formula is C17H21N5O. The molecule has 0 aromatic carbocycles. The minimum absolute atomic E-state index is 0.0996. The Balaban J connectivity index is 1.46. The Labute approximate surface area is 136 Å². The number of piperidine rings is 1. The summed E-state index contributed by atoms with van der Waals surface area (Å²) in [5, 5.41) is 11.3. The average molecular weight is 311 g/mol. The van der Waals surface area contributed by atoms with E-state index in [9.17, 15) is 4.79 Å². The van der Waals surface area contributed by atoms with Gasteiger partial charge in [-0.15, -0.1) is 5.10 Å². The van der Waals surface area contributed by atoms with E-state index in [1.807, 2.05) is 25.1 Å². The number of pyridine rings is 1. The number of hydrogen-bond acceptors (Lipinski definition) is 5. The zero-order chi connectivity index (χ0) is 16.1. The van der Waals surface area contributed by atoms with E-state index in [1.165, 1.54) is 0 Å². The molecule has 3 rings (SSSR count). The highest BCUT2D eigenvalue weighted by molar-refractivity contribution is 5.92. The van der Waals surface area contributed by atoms with Crippen LogP contribution in [0.2, 0.25) is 0 Å². The normalized spacial score (nSPS) is 15.4. The van der Waals surface area contributed by atoms with Crippen LogP contribution in [-0.4, -0.2) is 40.7 Å². The van der Waals surface area contributed by atoms with Crippen LogP contribution < -0.4 is 10.2 Å². The van der Waals surface area contributed by atoms with Crippen LogP contribution in [0.15, 0.2) is 36.5 Å². The minimum atomic E-state index is -0.0996. The monoisotopic (exact) mass is 311 g/mol. The average Bonchev–Trinajstić information content (AvgIpc) is 2.61. The number of aromatic nitrogens is 3. The third-order valence-corrected chi connectivity index (χ3v) is 4.17. The van der Waals surface area contributed by atoms with E-state index in [4.69, 9.17) is 0 Å². The lowest BCUT2D eigenvalue weighted by Gasteiger charge is -2.32. The molecule has 1 aliphatic heterocycles. The first-order valence-electron chi connectivity index (χ1n) is 7.97. The van der Waals surface area contributed by atoms with E-state index in [2.05, 4.69) is 25.4 Å². The van der Waals surface area contributed by atoms with E-state index >= 15 is 0 Å². The molecule has 2 aromatic heterocycles. The van der Waals surface area contributed by atoms with Gasteiger partial charge in [-0.05, 0) is 49.9 Å². The zero-order valence-electron chi connectivity index (χ0n) is 13.3. The molecule has 0 bridgehead atoms. The summed E-state index contributed by atoms with van der Waals surface area (Å²) in [6.07, 6.45) is 3.71. The van der Waals surface area contributed by atoms with Crippen molar-refractivity contribution in [2.45, 2.75) is 19.8 Å². The molecule has 1 fully saturated rings. The van der Waals surface area contributed by atoms with Gasteiger partial charge in [0.15, 0.2) is 5.82 Å². The molecule has 0 aliphatic carbocycles. The molecule has 23 heavy (non-hydrogen) atoms. The summed E-state index contributed by atoms with van der Waals surface area (Å²) in [5.74, 6) is 1.33. The van der Waals surface area contributed by atoms with Crippen molar-refractivity contribution in [1.82, 2.24) is 20.5 Å². The van der Waals surface area contributed by atoms with Crippen molar-refractivity contribution in [3.05, 3.63) is 47.9 Å². The zero-order valence-corrected chi connectivity index (χ0v) is 13.3. The summed E-state index contributed by atoms with van der Waals surface area (Å²) in [5.41, 5.74) is 1.40. The van der Waals surface area contributed by atoms with Crippen LogP contribution in [0.5, 0.6) is 0 Å². The summed E-state index contributed by atoms with van der Waals surface area (Å²) in [4.78, 5) is 18.3. The highest BCUT2D eigenvalue weighted by Crippen LogP contribution is 2.21. The van der Waals surface area contributed by atoms with E-state index < -0.39 is 0 Å². The fourth-order valence-corrected chi connectivity index (χ4v) is 2.75. The van der Waals surface area contributed by atoms with Gasteiger partial charge in [-0.1, -0.05) is 6.07 Å². The van der Waals surface area contributed by atoms with Gasteiger partial charge in [-0.25, -0.2) is 0 Å². The Morgan fingerprint density at radius 1 is 1.22 bits per heavy atom. The molecule has 6 heteroatoms. The first kappa shape index (κ1) is 15.4. The van der Waals surface area contributed by atoms with Crippen LogP contribution >= 0.6 is 0 Å². The maximum absolute atomic E-state index is 12.0. The molecule has 0 radical (unpaired) electrons. The molecule has 3 heterocycles. The van der Waals surface area contributed by atoms with E-state index in [1.54, 1.807) is 18.3 Å². The van der Waals surface area contributed by atoms with Crippen LogP contribution in [0.3, 0.4) is 0 Å². The van der Waals surface area contributed by atoms with Gasteiger partial charge in [0.1, 0.15) is 5.69 Å². The van der Waals surface area contributed by atoms with E-state index in [-0.39, 0.29) is 5.91 Å². The maximum atomic E-state index is 12.0. The van der Waals surface area contributed by atoms with Crippen molar-refractivity contribution in [1.29, 1.82) is 0 Å². The number of rotatable bonds is 4. The standard InChI is InChI=1S/C17H21N5O/c1-13-5-6-16(21-20-13)22-10-7-14(8-11-22)12-19-17(23)15-4-2-3-9-18-15/h2-6,9,14H,7-8,10-12H2,1H3,(H,19,23). The second kappa shape index (κ2) is 7.17. The third kappa shape index (κ3) is 4.03. The number of anilines is 1. The lowest BCUT2D eigenvalue weighted by Crippen LogP contribution is -2.39. The minimum Gasteiger partial charge on any atom is -0.355 e. The lowest BCUT2D eigenvalue weighted by molar-refractivity contribution is 0.0940. The molecule has 1 N–H and O–H groups in total. The Kier molecular flexibility index (Phi) is 4.80. The van der Waals surface area contributed by atoms with Crippen LogP contribution in [0.25, 0.3) is 0 Å². The molecule has 0 unspecified atom stereocenters. The number of amides is 1. The Hall–Kier alpha value is -2.50. The maximum Gasteiger partial charge on any atom is 0.269 e. The van der Waals surface area contributed by atoms with E-state index in [0.29, 0.717) is 18.2 Å².